The largest absolute Gasteiger partial charge is 0.393 e. The Morgan fingerprint density at radius 2 is 1.96 bits per heavy atom. The van der Waals surface area contributed by atoms with Crippen molar-refractivity contribution in [2.75, 3.05) is 0 Å². The first-order valence-corrected chi connectivity index (χ1v) is 11.0. The fraction of sp³-hybridized carbons (Fsp3) is 0.833. The monoisotopic (exact) mass is 342 g/mol. The highest BCUT2D eigenvalue weighted by Gasteiger charge is 2.52. The second-order valence-corrected chi connectivity index (χ2v) is 10.2. The highest BCUT2D eigenvalue weighted by Crippen LogP contribution is 2.64. The molecular formula is C24H38O. The van der Waals surface area contributed by atoms with Gasteiger partial charge in [-0.05, 0) is 91.1 Å². The Morgan fingerprint density at radius 1 is 1.16 bits per heavy atom. The molecule has 0 amide bonds. The molecule has 0 radical (unpaired) electrons. The molecule has 4 rings (SSSR count). The smallest absolute Gasteiger partial charge is 0.0543 e. The van der Waals surface area contributed by atoms with Gasteiger partial charge < -0.3 is 5.11 Å². The van der Waals surface area contributed by atoms with E-state index in [9.17, 15) is 5.11 Å². The molecule has 1 nitrogen and oxygen atoms in total. The molecule has 1 saturated carbocycles. The zero-order valence-corrected chi connectivity index (χ0v) is 16.9. The molecule has 1 N–H and O–H groups in total. The number of allylic oxidation sites excluding steroid dienone is 4. The van der Waals surface area contributed by atoms with Crippen LogP contribution < -0.4 is 0 Å². The van der Waals surface area contributed by atoms with Gasteiger partial charge in [-0.1, -0.05) is 52.2 Å². The van der Waals surface area contributed by atoms with Crippen molar-refractivity contribution in [3.8, 4) is 0 Å². The van der Waals surface area contributed by atoms with Crippen molar-refractivity contribution in [3.05, 3.63) is 22.8 Å². The van der Waals surface area contributed by atoms with Gasteiger partial charge in [-0.3, -0.25) is 0 Å². The summed E-state index contributed by atoms with van der Waals surface area (Å²) in [6.07, 6.45) is 15.1. The average Bonchev–Trinajstić information content (AvgIpc) is 2.93. The van der Waals surface area contributed by atoms with Crippen molar-refractivity contribution >= 4 is 0 Å². The maximum atomic E-state index is 10.2. The van der Waals surface area contributed by atoms with Crippen molar-refractivity contribution in [3.63, 3.8) is 0 Å². The zero-order chi connectivity index (χ0) is 17.8. The molecule has 0 aliphatic heterocycles. The summed E-state index contributed by atoms with van der Waals surface area (Å²) in [7, 11) is 0. The van der Waals surface area contributed by atoms with Crippen LogP contribution in [0.1, 0.15) is 91.9 Å². The summed E-state index contributed by atoms with van der Waals surface area (Å²) in [6, 6.07) is 0. The van der Waals surface area contributed by atoms with E-state index in [2.05, 4.69) is 33.8 Å². The number of aliphatic hydroxyl groups excluding tert-OH is 1. The van der Waals surface area contributed by atoms with Crippen LogP contribution in [0, 0.1) is 28.6 Å². The molecule has 4 aliphatic carbocycles. The van der Waals surface area contributed by atoms with Crippen LogP contribution in [0.2, 0.25) is 0 Å². The minimum absolute atomic E-state index is 0.0425. The lowest BCUT2D eigenvalue weighted by Crippen LogP contribution is -2.44. The summed E-state index contributed by atoms with van der Waals surface area (Å²) in [5.74, 6) is 2.43. The molecule has 1 fully saturated rings. The minimum atomic E-state index is -0.0425. The SMILES string of the molecule is CCC[C@@H](C)[C@H]1CC=C2C3=C(CC[C@@]21C)[C@@]1(C)CC[C@H](O)CC1CC3. The summed E-state index contributed by atoms with van der Waals surface area (Å²) in [5, 5.41) is 10.2. The normalized spacial score (nSPS) is 44.7. The van der Waals surface area contributed by atoms with Crippen molar-refractivity contribution in [2.45, 2.75) is 98.0 Å². The quantitative estimate of drug-likeness (QED) is 0.627. The molecule has 0 aromatic heterocycles. The van der Waals surface area contributed by atoms with Crippen LogP contribution in [0.3, 0.4) is 0 Å². The molecule has 1 unspecified atom stereocenters. The third-order valence-corrected chi connectivity index (χ3v) is 8.91. The standard InChI is InChI=1S/C24H38O/c1-5-6-16(2)20-9-10-21-19-8-7-17-15-18(25)11-13-23(17,3)22(19)12-14-24(20,21)4/h10,16-18,20,25H,5-9,11-15H2,1-4H3/t16-,17?,18+,20-,23+,24-/m1/s1. The number of hydrogen-bond donors (Lipinski definition) is 1. The number of hydrogen-bond acceptors (Lipinski definition) is 1. The maximum absolute atomic E-state index is 10.2. The highest BCUT2D eigenvalue weighted by molar-refractivity contribution is 5.49. The van der Waals surface area contributed by atoms with Gasteiger partial charge in [0.15, 0.2) is 0 Å². The summed E-state index contributed by atoms with van der Waals surface area (Å²) in [6.45, 7) is 9.96. The summed E-state index contributed by atoms with van der Waals surface area (Å²) >= 11 is 0. The Kier molecular flexibility index (Phi) is 4.46. The predicted molar refractivity (Wildman–Crippen MR) is 105 cm³/mol. The van der Waals surface area contributed by atoms with Crippen LogP contribution in [-0.2, 0) is 0 Å². The highest BCUT2D eigenvalue weighted by atomic mass is 16.3. The van der Waals surface area contributed by atoms with Crippen molar-refractivity contribution in [1.82, 2.24) is 0 Å². The van der Waals surface area contributed by atoms with E-state index in [1.54, 1.807) is 11.1 Å². The summed E-state index contributed by atoms with van der Waals surface area (Å²) in [4.78, 5) is 0. The van der Waals surface area contributed by atoms with Gasteiger partial charge in [0.2, 0.25) is 0 Å². The van der Waals surface area contributed by atoms with Gasteiger partial charge in [-0.25, -0.2) is 0 Å². The van der Waals surface area contributed by atoms with Gasteiger partial charge in [0, 0.05) is 0 Å². The molecule has 0 bridgehead atoms. The van der Waals surface area contributed by atoms with Gasteiger partial charge in [-0.15, -0.1) is 0 Å². The Morgan fingerprint density at radius 3 is 2.72 bits per heavy atom. The third kappa shape index (κ3) is 2.59. The average molecular weight is 343 g/mol. The lowest BCUT2D eigenvalue weighted by molar-refractivity contribution is 0.0225. The number of fused-ring (bicyclic) bond motifs is 4. The molecular weight excluding hydrogens is 304 g/mol. The molecule has 1 heteroatoms. The predicted octanol–water partition coefficient (Wildman–Crippen LogP) is 6.43. The molecule has 0 spiro atoms. The van der Waals surface area contributed by atoms with Gasteiger partial charge in [0.25, 0.3) is 0 Å². The van der Waals surface area contributed by atoms with Gasteiger partial charge in [0.1, 0.15) is 0 Å². The summed E-state index contributed by atoms with van der Waals surface area (Å²) in [5.41, 5.74) is 6.15. The topological polar surface area (TPSA) is 20.2 Å². The van der Waals surface area contributed by atoms with Gasteiger partial charge >= 0.3 is 0 Å². The van der Waals surface area contributed by atoms with E-state index in [1.165, 1.54) is 51.4 Å². The Hall–Kier alpha value is -0.560. The Bertz CT molecular complexity index is 599. The van der Waals surface area contributed by atoms with Gasteiger partial charge in [-0.2, -0.15) is 0 Å². The fourth-order valence-electron chi connectivity index (χ4n) is 7.39. The van der Waals surface area contributed by atoms with Crippen LogP contribution >= 0.6 is 0 Å². The van der Waals surface area contributed by atoms with Crippen molar-refractivity contribution < 1.29 is 5.11 Å². The second-order valence-electron chi connectivity index (χ2n) is 10.2. The lowest BCUT2D eigenvalue weighted by Gasteiger charge is -2.54. The van der Waals surface area contributed by atoms with Crippen LogP contribution in [-0.4, -0.2) is 11.2 Å². The minimum Gasteiger partial charge on any atom is -0.393 e. The zero-order valence-electron chi connectivity index (χ0n) is 16.9. The van der Waals surface area contributed by atoms with Crippen LogP contribution in [0.25, 0.3) is 0 Å². The summed E-state index contributed by atoms with van der Waals surface area (Å²) < 4.78 is 0. The van der Waals surface area contributed by atoms with E-state index >= 15 is 0 Å². The van der Waals surface area contributed by atoms with Crippen LogP contribution in [0.15, 0.2) is 22.8 Å². The fourth-order valence-corrected chi connectivity index (χ4v) is 7.39. The van der Waals surface area contributed by atoms with Gasteiger partial charge in [0.05, 0.1) is 6.10 Å². The molecule has 0 heterocycles. The number of rotatable bonds is 3. The van der Waals surface area contributed by atoms with Crippen LogP contribution in [0.5, 0.6) is 0 Å². The first-order chi connectivity index (χ1) is 11.9. The van der Waals surface area contributed by atoms with E-state index in [0.29, 0.717) is 10.8 Å². The Labute approximate surface area is 155 Å². The van der Waals surface area contributed by atoms with E-state index in [-0.39, 0.29) is 6.10 Å². The molecule has 140 valence electrons. The molecule has 0 saturated heterocycles. The molecule has 6 atom stereocenters. The van der Waals surface area contributed by atoms with E-state index in [4.69, 9.17) is 0 Å². The maximum Gasteiger partial charge on any atom is 0.0543 e. The van der Waals surface area contributed by atoms with E-state index in [1.807, 2.05) is 5.57 Å². The van der Waals surface area contributed by atoms with E-state index < -0.39 is 0 Å². The first kappa shape index (κ1) is 17.8. The molecule has 0 aromatic carbocycles. The molecule has 25 heavy (non-hydrogen) atoms. The number of aliphatic hydroxyl groups is 1. The third-order valence-electron chi connectivity index (χ3n) is 8.91. The molecule has 0 aromatic rings. The van der Waals surface area contributed by atoms with Crippen molar-refractivity contribution in [1.29, 1.82) is 0 Å². The Balaban J connectivity index is 1.66. The first-order valence-electron chi connectivity index (χ1n) is 11.0. The van der Waals surface area contributed by atoms with Crippen LogP contribution in [0.4, 0.5) is 0 Å². The lowest BCUT2D eigenvalue weighted by atomic mass is 9.51. The van der Waals surface area contributed by atoms with E-state index in [0.717, 1.165) is 30.6 Å². The second kappa shape index (κ2) is 6.25. The van der Waals surface area contributed by atoms with Crippen molar-refractivity contribution in [2.24, 2.45) is 28.6 Å². The molecule has 4 aliphatic rings.